The molecule has 0 saturated heterocycles. The largest absolute Gasteiger partial charge is 0.497 e. The smallest absolute Gasteiger partial charge is 0.118 e. The molecule has 0 heterocycles. The molecule has 0 aliphatic heterocycles. The van der Waals surface area contributed by atoms with Gasteiger partial charge in [0, 0.05) is 0 Å². The molecular weight excluding hydrogens is 270 g/mol. The molecule has 13 heavy (non-hydrogen) atoms. The molecule has 0 spiro atoms. The third-order valence-corrected chi connectivity index (χ3v) is 5.78. The Balaban J connectivity index is 0.00000144. The molecule has 74 valence electrons. The summed E-state index contributed by atoms with van der Waals surface area (Å²) < 4.78 is 5.07. The zero-order valence-corrected chi connectivity index (χ0v) is 11.0. The molecule has 0 aliphatic carbocycles. The van der Waals surface area contributed by atoms with Crippen LogP contribution in [0.4, 0.5) is 0 Å². The first kappa shape index (κ1) is 13.2. The van der Waals surface area contributed by atoms with Crippen molar-refractivity contribution in [1.29, 1.82) is 0 Å². The van der Waals surface area contributed by atoms with Crippen LogP contribution < -0.4 is 10.0 Å². The minimum absolute atomic E-state index is 0. The normalized spacial score (nSPS) is 11.6. The van der Waals surface area contributed by atoms with Crippen molar-refractivity contribution < 1.29 is 4.74 Å². The van der Waals surface area contributed by atoms with Gasteiger partial charge in [-0.05, 0) is 30.2 Å². The molecule has 0 bridgehead atoms. The van der Waals surface area contributed by atoms with Crippen LogP contribution in [0, 0.1) is 0 Å². The monoisotopic (exact) mass is 282 g/mol. The van der Waals surface area contributed by atoms with Crippen LogP contribution in [0.1, 0.15) is 6.92 Å². The van der Waals surface area contributed by atoms with E-state index < -0.39 is 0 Å². The van der Waals surface area contributed by atoms with E-state index in [0.717, 1.165) is 5.75 Å². The minimum Gasteiger partial charge on any atom is -0.497 e. The lowest BCUT2D eigenvalue weighted by atomic mass is 10.3. The predicted octanol–water partition coefficient (Wildman–Crippen LogP) is 3.55. The van der Waals surface area contributed by atoms with Crippen LogP contribution in [-0.4, -0.2) is 13.3 Å². The zero-order chi connectivity index (χ0) is 8.97. The van der Waals surface area contributed by atoms with Gasteiger partial charge >= 0.3 is 0 Å². The summed E-state index contributed by atoms with van der Waals surface area (Å²) in [6.07, 6.45) is 1.17. The molecule has 1 atom stereocenters. The van der Waals surface area contributed by atoms with Crippen LogP contribution in [0.15, 0.2) is 24.3 Å². The van der Waals surface area contributed by atoms with Crippen LogP contribution in [0.3, 0.4) is 0 Å². The number of hydrogen-bond donors (Lipinski definition) is 0. The van der Waals surface area contributed by atoms with Gasteiger partial charge < -0.3 is 4.74 Å². The van der Waals surface area contributed by atoms with Crippen molar-refractivity contribution >= 4 is 39.8 Å². The average Bonchev–Trinajstić information content (AvgIpc) is 2.17. The highest BCUT2D eigenvalue weighted by molar-refractivity contribution is 9.40. The lowest BCUT2D eigenvalue weighted by Gasteiger charge is -2.07. The molecule has 0 amide bonds. The highest BCUT2D eigenvalue weighted by Crippen LogP contribution is 2.42. The predicted molar refractivity (Wildman–Crippen MR) is 66.3 cm³/mol. The van der Waals surface area contributed by atoms with Gasteiger partial charge in [0.1, 0.15) is 5.75 Å². The summed E-state index contributed by atoms with van der Waals surface area (Å²) in [6, 6.07) is 8.23. The fraction of sp³-hybridized carbons (Fsp3) is 0.333. The summed E-state index contributed by atoms with van der Waals surface area (Å²) in [7, 11) is 1.69. The highest BCUT2D eigenvalue weighted by atomic mass is 79.9. The zero-order valence-electron chi connectivity index (χ0n) is 7.66. The minimum atomic E-state index is -0.134. The molecule has 0 N–H and O–H groups in total. The molecule has 1 aromatic carbocycles. The Morgan fingerprint density at radius 2 is 1.85 bits per heavy atom. The van der Waals surface area contributed by atoms with Crippen molar-refractivity contribution in [2.75, 3.05) is 13.3 Å². The topological polar surface area (TPSA) is 9.23 Å². The van der Waals surface area contributed by atoms with Crippen molar-refractivity contribution in [2.24, 2.45) is 0 Å². The fourth-order valence-corrected chi connectivity index (χ4v) is 2.47. The SMILES string of the molecule is CCP(Br)c1ccc(OC)cc1.Cl. The number of halogens is 2. The Bertz CT molecular complexity index is 240. The third-order valence-electron chi connectivity index (χ3n) is 1.63. The van der Waals surface area contributed by atoms with Gasteiger partial charge in [-0.15, -0.1) is 12.4 Å². The van der Waals surface area contributed by atoms with Crippen molar-refractivity contribution in [3.8, 4) is 5.75 Å². The fourth-order valence-electron chi connectivity index (χ4n) is 0.927. The molecule has 1 unspecified atom stereocenters. The summed E-state index contributed by atoms with van der Waals surface area (Å²) >= 11 is 3.66. The maximum absolute atomic E-state index is 5.07. The molecule has 0 saturated carbocycles. The van der Waals surface area contributed by atoms with Gasteiger partial charge in [-0.3, -0.25) is 0 Å². The summed E-state index contributed by atoms with van der Waals surface area (Å²) in [5.41, 5.74) is 0. The molecule has 0 fully saturated rings. The van der Waals surface area contributed by atoms with Crippen molar-refractivity contribution in [2.45, 2.75) is 6.92 Å². The number of benzene rings is 1. The van der Waals surface area contributed by atoms with E-state index in [-0.39, 0.29) is 19.0 Å². The molecule has 4 heteroatoms. The first-order chi connectivity index (χ1) is 5.77. The van der Waals surface area contributed by atoms with Gasteiger partial charge in [0.2, 0.25) is 0 Å². The van der Waals surface area contributed by atoms with E-state index in [1.54, 1.807) is 7.11 Å². The van der Waals surface area contributed by atoms with Crippen molar-refractivity contribution in [3.63, 3.8) is 0 Å². The lowest BCUT2D eigenvalue weighted by Crippen LogP contribution is -1.97. The van der Waals surface area contributed by atoms with Gasteiger partial charge in [0.05, 0.1) is 7.11 Å². The first-order valence-corrected chi connectivity index (χ1v) is 7.40. The van der Waals surface area contributed by atoms with Crippen LogP contribution >= 0.6 is 34.5 Å². The van der Waals surface area contributed by atoms with Crippen LogP contribution in [0.5, 0.6) is 5.75 Å². The highest BCUT2D eigenvalue weighted by Gasteiger charge is 2.02. The maximum Gasteiger partial charge on any atom is 0.118 e. The Morgan fingerprint density at radius 1 is 1.31 bits per heavy atom. The summed E-state index contributed by atoms with van der Waals surface area (Å²) in [4.78, 5) is 0. The number of hydrogen-bond acceptors (Lipinski definition) is 1. The van der Waals surface area contributed by atoms with Crippen LogP contribution in [0.2, 0.25) is 0 Å². The van der Waals surface area contributed by atoms with E-state index >= 15 is 0 Å². The number of ether oxygens (including phenoxy) is 1. The lowest BCUT2D eigenvalue weighted by molar-refractivity contribution is 0.415. The Morgan fingerprint density at radius 3 is 2.23 bits per heavy atom. The van der Waals surface area contributed by atoms with E-state index in [1.165, 1.54) is 11.5 Å². The van der Waals surface area contributed by atoms with Gasteiger partial charge in [0.25, 0.3) is 0 Å². The van der Waals surface area contributed by atoms with Gasteiger partial charge in [-0.1, -0.05) is 34.5 Å². The maximum atomic E-state index is 5.07. The Kier molecular flexibility index (Phi) is 6.75. The van der Waals surface area contributed by atoms with E-state index in [4.69, 9.17) is 4.74 Å². The van der Waals surface area contributed by atoms with Gasteiger partial charge in [-0.2, -0.15) is 0 Å². The number of rotatable bonds is 3. The molecule has 1 rings (SSSR count). The standard InChI is InChI=1S/C9H12BrOP.ClH/c1-3-12(10)9-6-4-8(11-2)5-7-9;/h4-7H,3H2,1-2H3;1H. The second-order valence-electron chi connectivity index (χ2n) is 2.38. The summed E-state index contributed by atoms with van der Waals surface area (Å²) in [5, 5.41) is 1.37. The quantitative estimate of drug-likeness (QED) is 0.771. The number of methoxy groups -OCH3 is 1. The van der Waals surface area contributed by atoms with Crippen LogP contribution in [0.25, 0.3) is 0 Å². The Hall–Kier alpha value is 0.220. The average molecular weight is 284 g/mol. The first-order valence-electron chi connectivity index (χ1n) is 3.85. The summed E-state index contributed by atoms with van der Waals surface area (Å²) in [6.45, 7) is 2.05. The van der Waals surface area contributed by atoms with Crippen molar-refractivity contribution in [3.05, 3.63) is 24.3 Å². The molecule has 0 aliphatic rings. The van der Waals surface area contributed by atoms with Crippen molar-refractivity contribution in [1.82, 2.24) is 0 Å². The molecular formula is C9H13BrClOP. The molecule has 1 nitrogen and oxygen atoms in total. The second kappa shape index (κ2) is 6.64. The van der Waals surface area contributed by atoms with Gasteiger partial charge in [0.15, 0.2) is 0 Å². The van der Waals surface area contributed by atoms with E-state index in [9.17, 15) is 0 Å². The van der Waals surface area contributed by atoms with E-state index in [2.05, 4.69) is 34.5 Å². The van der Waals surface area contributed by atoms with E-state index in [1.807, 2.05) is 12.1 Å². The van der Waals surface area contributed by atoms with Crippen LogP contribution in [-0.2, 0) is 0 Å². The molecule has 0 radical (unpaired) electrons. The summed E-state index contributed by atoms with van der Waals surface area (Å²) in [5.74, 6) is 0.922. The molecule has 1 aromatic rings. The second-order valence-corrected chi connectivity index (χ2v) is 6.82. The third kappa shape index (κ3) is 3.84. The Labute approximate surface area is 94.8 Å². The van der Waals surface area contributed by atoms with E-state index in [0.29, 0.717) is 0 Å². The van der Waals surface area contributed by atoms with Gasteiger partial charge in [-0.25, -0.2) is 0 Å². The molecule has 0 aromatic heterocycles.